The fourth-order valence-corrected chi connectivity index (χ4v) is 2.69. The quantitative estimate of drug-likeness (QED) is 0.784. The summed E-state index contributed by atoms with van der Waals surface area (Å²) in [5.74, 6) is 0.747. The first-order valence-corrected chi connectivity index (χ1v) is 6.06. The van der Waals surface area contributed by atoms with E-state index >= 15 is 0 Å². The molecule has 4 heteroatoms. The van der Waals surface area contributed by atoms with Crippen LogP contribution in [0.15, 0.2) is 29.3 Å². The van der Waals surface area contributed by atoms with Gasteiger partial charge in [0.05, 0.1) is 0 Å². The number of phenols is 1. The molecular formula is C15H14N2O2. The number of amidine groups is 1. The summed E-state index contributed by atoms with van der Waals surface area (Å²) >= 11 is 0. The van der Waals surface area contributed by atoms with Crippen molar-refractivity contribution >= 4 is 22.5 Å². The van der Waals surface area contributed by atoms with Crippen LogP contribution in [-0.4, -0.2) is 35.8 Å². The summed E-state index contributed by atoms with van der Waals surface area (Å²) in [5, 5.41) is 11.8. The van der Waals surface area contributed by atoms with Gasteiger partial charge in [0.15, 0.2) is 0 Å². The van der Waals surface area contributed by atoms with Crippen LogP contribution in [0.1, 0.15) is 21.5 Å². The van der Waals surface area contributed by atoms with Gasteiger partial charge in [0.2, 0.25) is 0 Å². The first-order chi connectivity index (χ1) is 9.06. The fourth-order valence-electron chi connectivity index (χ4n) is 2.69. The third kappa shape index (κ3) is 1.40. The number of aromatic hydroxyl groups is 1. The lowest BCUT2D eigenvalue weighted by atomic mass is 9.91. The van der Waals surface area contributed by atoms with Gasteiger partial charge in [-0.2, -0.15) is 0 Å². The molecule has 96 valence electrons. The minimum Gasteiger partial charge on any atom is -0.508 e. The van der Waals surface area contributed by atoms with Crippen molar-refractivity contribution in [3.8, 4) is 5.75 Å². The lowest BCUT2D eigenvalue weighted by molar-refractivity contribution is 0.0870. The Hall–Kier alpha value is -2.36. The van der Waals surface area contributed by atoms with E-state index in [1.165, 1.54) is 4.90 Å². The summed E-state index contributed by atoms with van der Waals surface area (Å²) in [5.41, 5.74) is 2.25. The van der Waals surface area contributed by atoms with Gasteiger partial charge in [0, 0.05) is 30.6 Å². The molecule has 0 aliphatic carbocycles. The highest BCUT2D eigenvalue weighted by Crippen LogP contribution is 2.35. The molecule has 2 aromatic rings. The summed E-state index contributed by atoms with van der Waals surface area (Å²) in [6.07, 6.45) is 0. The second kappa shape index (κ2) is 3.82. The average molecular weight is 254 g/mol. The second-order valence-corrected chi connectivity index (χ2v) is 4.71. The third-order valence-electron chi connectivity index (χ3n) is 3.71. The zero-order valence-corrected chi connectivity index (χ0v) is 11.1. The van der Waals surface area contributed by atoms with E-state index in [4.69, 9.17) is 0 Å². The van der Waals surface area contributed by atoms with E-state index in [1.54, 1.807) is 20.2 Å². The van der Waals surface area contributed by atoms with E-state index in [1.807, 2.05) is 25.1 Å². The van der Waals surface area contributed by atoms with Gasteiger partial charge in [-0.3, -0.25) is 14.7 Å². The molecule has 19 heavy (non-hydrogen) atoms. The summed E-state index contributed by atoms with van der Waals surface area (Å²) in [6, 6.07) is 7.26. The SMILES string of the molecule is C/N=C1/c2cc(O)c(C)c3cccc(c23)C(=O)N1C. The van der Waals surface area contributed by atoms with Gasteiger partial charge in [0.1, 0.15) is 11.6 Å². The Morgan fingerprint density at radius 2 is 2.00 bits per heavy atom. The van der Waals surface area contributed by atoms with Crippen LogP contribution >= 0.6 is 0 Å². The van der Waals surface area contributed by atoms with Crippen LogP contribution in [-0.2, 0) is 0 Å². The number of nitrogens with zero attached hydrogens (tertiary/aromatic N) is 2. The maximum Gasteiger partial charge on any atom is 0.259 e. The summed E-state index contributed by atoms with van der Waals surface area (Å²) in [4.78, 5) is 18.1. The van der Waals surface area contributed by atoms with Crippen LogP contribution in [0.5, 0.6) is 5.75 Å². The molecule has 0 unspecified atom stereocenters. The molecule has 2 aromatic carbocycles. The van der Waals surface area contributed by atoms with Gasteiger partial charge in [-0.1, -0.05) is 12.1 Å². The molecule has 1 amide bonds. The molecular weight excluding hydrogens is 240 g/mol. The summed E-state index contributed by atoms with van der Waals surface area (Å²) in [6.45, 7) is 1.85. The standard InChI is InChI=1S/C15H14N2O2/c1-8-9-5-4-6-10-13(9)11(7-12(8)18)14(16-2)17(3)15(10)19/h4-7,18H,1-3H3/b16-14-. The lowest BCUT2D eigenvalue weighted by Gasteiger charge is -2.27. The minimum absolute atomic E-state index is 0.0659. The number of aryl methyl sites for hydroxylation is 1. The number of hydrogen-bond donors (Lipinski definition) is 1. The van der Waals surface area contributed by atoms with Crippen LogP contribution in [0, 0.1) is 6.92 Å². The number of carbonyl (C=O) groups excluding carboxylic acids is 1. The van der Waals surface area contributed by atoms with Gasteiger partial charge in [-0.15, -0.1) is 0 Å². The zero-order chi connectivity index (χ0) is 13.7. The molecule has 0 bridgehead atoms. The molecule has 1 aliphatic rings. The molecule has 1 aliphatic heterocycles. The Labute approximate surface area is 111 Å². The number of benzene rings is 2. The molecule has 1 N–H and O–H groups in total. The Kier molecular flexibility index (Phi) is 2.35. The topological polar surface area (TPSA) is 52.9 Å². The first kappa shape index (κ1) is 11.7. The van der Waals surface area contributed by atoms with Gasteiger partial charge in [-0.25, -0.2) is 0 Å². The van der Waals surface area contributed by atoms with Crippen molar-refractivity contribution in [3.63, 3.8) is 0 Å². The predicted octanol–water partition coefficient (Wildman–Crippen LogP) is 2.32. The molecule has 0 saturated carbocycles. The predicted molar refractivity (Wildman–Crippen MR) is 74.9 cm³/mol. The molecule has 0 radical (unpaired) electrons. The van der Waals surface area contributed by atoms with Gasteiger partial charge in [0.25, 0.3) is 5.91 Å². The lowest BCUT2D eigenvalue weighted by Crippen LogP contribution is -2.37. The van der Waals surface area contributed by atoms with E-state index < -0.39 is 0 Å². The zero-order valence-electron chi connectivity index (χ0n) is 11.1. The fraction of sp³-hybridized carbons (Fsp3) is 0.200. The number of phenolic OH excluding ortho intramolecular Hbond substituents is 1. The molecule has 3 rings (SSSR count). The molecule has 1 heterocycles. The van der Waals surface area contributed by atoms with Crippen LogP contribution < -0.4 is 0 Å². The molecule has 0 spiro atoms. The normalized spacial score (nSPS) is 16.5. The maximum atomic E-state index is 12.4. The highest BCUT2D eigenvalue weighted by atomic mass is 16.3. The monoisotopic (exact) mass is 254 g/mol. The first-order valence-electron chi connectivity index (χ1n) is 6.06. The number of amides is 1. The number of rotatable bonds is 0. The van der Waals surface area contributed by atoms with Crippen molar-refractivity contribution < 1.29 is 9.90 Å². The van der Waals surface area contributed by atoms with Gasteiger partial charge in [-0.05, 0) is 30.0 Å². The van der Waals surface area contributed by atoms with Gasteiger partial charge >= 0.3 is 0 Å². The van der Waals surface area contributed by atoms with Crippen LogP contribution in [0.2, 0.25) is 0 Å². The van der Waals surface area contributed by atoms with Crippen molar-refractivity contribution in [3.05, 3.63) is 41.0 Å². The Morgan fingerprint density at radius 3 is 2.68 bits per heavy atom. The van der Waals surface area contributed by atoms with Gasteiger partial charge < -0.3 is 5.11 Å². The molecule has 0 saturated heterocycles. The number of aliphatic imine (C=N–C) groups is 1. The highest BCUT2D eigenvalue weighted by molar-refractivity contribution is 6.27. The van der Waals surface area contributed by atoms with Crippen LogP contribution in [0.25, 0.3) is 10.8 Å². The Bertz CT molecular complexity index is 747. The maximum absolute atomic E-state index is 12.4. The van der Waals surface area contributed by atoms with E-state index in [0.717, 1.165) is 21.9 Å². The molecule has 0 atom stereocenters. The Morgan fingerprint density at radius 1 is 1.26 bits per heavy atom. The van der Waals surface area contributed by atoms with E-state index in [0.29, 0.717) is 11.4 Å². The summed E-state index contributed by atoms with van der Waals surface area (Å²) < 4.78 is 0. The number of carbonyl (C=O) groups is 1. The largest absolute Gasteiger partial charge is 0.508 e. The second-order valence-electron chi connectivity index (χ2n) is 4.71. The molecule has 4 nitrogen and oxygen atoms in total. The smallest absolute Gasteiger partial charge is 0.259 e. The van der Waals surface area contributed by atoms with Crippen molar-refractivity contribution in [2.45, 2.75) is 6.92 Å². The van der Waals surface area contributed by atoms with Crippen molar-refractivity contribution in [1.82, 2.24) is 4.90 Å². The third-order valence-corrected chi connectivity index (χ3v) is 3.71. The Balaban J connectivity index is 2.56. The molecule has 0 fully saturated rings. The number of hydrogen-bond acceptors (Lipinski definition) is 3. The van der Waals surface area contributed by atoms with Crippen molar-refractivity contribution in [2.75, 3.05) is 14.1 Å². The highest BCUT2D eigenvalue weighted by Gasteiger charge is 2.29. The van der Waals surface area contributed by atoms with Crippen molar-refractivity contribution in [2.24, 2.45) is 4.99 Å². The molecule has 0 aromatic heterocycles. The van der Waals surface area contributed by atoms with E-state index in [-0.39, 0.29) is 11.7 Å². The minimum atomic E-state index is -0.0659. The van der Waals surface area contributed by atoms with Crippen molar-refractivity contribution in [1.29, 1.82) is 0 Å². The van der Waals surface area contributed by atoms with Crippen LogP contribution in [0.3, 0.4) is 0 Å². The summed E-state index contributed by atoms with van der Waals surface area (Å²) in [7, 11) is 3.35. The average Bonchev–Trinajstić information content (AvgIpc) is 2.42. The van der Waals surface area contributed by atoms with E-state index in [9.17, 15) is 9.90 Å². The van der Waals surface area contributed by atoms with Crippen LogP contribution in [0.4, 0.5) is 0 Å². The van der Waals surface area contributed by atoms with E-state index in [2.05, 4.69) is 4.99 Å².